The Kier molecular flexibility index (Phi) is 5.99. The van der Waals surface area contributed by atoms with Gasteiger partial charge in [0.15, 0.2) is 11.5 Å². The second kappa shape index (κ2) is 8.79. The van der Waals surface area contributed by atoms with Gasteiger partial charge in [0.05, 0.1) is 14.2 Å². The fraction of sp³-hybridized carbons (Fsp3) is 0.0909. The van der Waals surface area contributed by atoms with Crippen molar-refractivity contribution in [1.82, 2.24) is 0 Å². The van der Waals surface area contributed by atoms with E-state index in [1.54, 1.807) is 36.4 Å². The fourth-order valence-electron chi connectivity index (χ4n) is 2.62. The molecule has 148 valence electrons. The topological polar surface area (TPSA) is 91.3 Å². The van der Waals surface area contributed by atoms with Gasteiger partial charge in [-0.3, -0.25) is 0 Å². The van der Waals surface area contributed by atoms with Gasteiger partial charge in [0, 0.05) is 0 Å². The van der Waals surface area contributed by atoms with Crippen LogP contribution in [-0.2, 0) is 0 Å². The first-order valence-electron chi connectivity index (χ1n) is 8.57. The van der Waals surface area contributed by atoms with Crippen LogP contribution in [-0.4, -0.2) is 31.3 Å². The summed E-state index contributed by atoms with van der Waals surface area (Å²) in [6.45, 7) is 0. The number of rotatable bonds is 6. The lowest BCUT2D eigenvalue weighted by Crippen LogP contribution is -2.14. The number of carbonyl (C=O) groups is 2. The quantitative estimate of drug-likeness (QED) is 0.502. The summed E-state index contributed by atoms with van der Waals surface area (Å²) in [6, 6.07) is 17.2. The zero-order valence-corrected chi connectivity index (χ0v) is 15.7. The normalized spacial score (nSPS) is 10.1. The molecule has 0 aliphatic heterocycles. The van der Waals surface area contributed by atoms with Gasteiger partial charge in [-0.2, -0.15) is 0 Å². The molecule has 0 spiro atoms. The molecule has 0 saturated heterocycles. The molecule has 0 saturated carbocycles. The summed E-state index contributed by atoms with van der Waals surface area (Å²) >= 11 is 0. The third-order valence-electron chi connectivity index (χ3n) is 4.01. The van der Waals surface area contributed by atoms with Crippen LogP contribution in [0.2, 0.25) is 0 Å². The van der Waals surface area contributed by atoms with Crippen molar-refractivity contribution >= 4 is 11.9 Å². The van der Waals surface area contributed by atoms with Gasteiger partial charge in [0.25, 0.3) is 0 Å². The van der Waals surface area contributed by atoms with E-state index in [9.17, 15) is 14.7 Å². The minimum absolute atomic E-state index is 0.121. The largest absolute Gasteiger partial charge is 0.504 e. The molecule has 0 aliphatic carbocycles. The van der Waals surface area contributed by atoms with Crippen molar-refractivity contribution in [2.24, 2.45) is 0 Å². The van der Waals surface area contributed by atoms with Crippen molar-refractivity contribution in [2.75, 3.05) is 14.2 Å². The monoisotopic (exact) mass is 394 g/mol. The van der Waals surface area contributed by atoms with Crippen molar-refractivity contribution in [3.05, 3.63) is 77.9 Å². The lowest BCUT2D eigenvalue weighted by atomic mass is 10.2. The third-order valence-corrected chi connectivity index (χ3v) is 4.01. The Morgan fingerprint density at radius 1 is 0.655 bits per heavy atom. The second-order valence-corrected chi connectivity index (χ2v) is 5.78. The zero-order chi connectivity index (χ0) is 20.8. The van der Waals surface area contributed by atoms with Crippen LogP contribution >= 0.6 is 0 Å². The number of para-hydroxylation sites is 3. The number of phenols is 1. The molecule has 0 fully saturated rings. The lowest BCUT2D eigenvalue weighted by molar-refractivity contribution is 0.0674. The maximum absolute atomic E-state index is 12.6. The van der Waals surface area contributed by atoms with Gasteiger partial charge in [0.1, 0.15) is 22.6 Å². The van der Waals surface area contributed by atoms with E-state index in [1.807, 2.05) is 0 Å². The predicted molar refractivity (Wildman–Crippen MR) is 104 cm³/mol. The molecule has 29 heavy (non-hydrogen) atoms. The molecule has 3 aromatic rings. The number of methoxy groups -OCH3 is 2. The van der Waals surface area contributed by atoms with Crippen LogP contribution in [0.3, 0.4) is 0 Å². The standard InChI is InChI=1S/C22H18O7/c1-26-17-11-5-3-8-14(17)21(24)28-19-13-7-10-16(23)20(19)29-22(25)15-9-4-6-12-18(15)27-2/h3-13,23H,1-2H3. The molecule has 0 aliphatic rings. The van der Waals surface area contributed by atoms with Crippen LogP contribution in [0.25, 0.3) is 0 Å². The van der Waals surface area contributed by atoms with E-state index in [-0.39, 0.29) is 28.4 Å². The molecule has 3 rings (SSSR count). The highest BCUT2D eigenvalue weighted by Gasteiger charge is 2.22. The van der Waals surface area contributed by atoms with E-state index in [4.69, 9.17) is 18.9 Å². The van der Waals surface area contributed by atoms with E-state index in [0.717, 1.165) is 0 Å². The van der Waals surface area contributed by atoms with Crippen molar-refractivity contribution in [3.8, 4) is 28.7 Å². The van der Waals surface area contributed by atoms with Crippen molar-refractivity contribution in [1.29, 1.82) is 0 Å². The van der Waals surface area contributed by atoms with Gasteiger partial charge >= 0.3 is 11.9 Å². The number of aromatic hydroxyl groups is 1. The molecule has 0 radical (unpaired) electrons. The Morgan fingerprint density at radius 2 is 1.14 bits per heavy atom. The Morgan fingerprint density at radius 3 is 1.69 bits per heavy atom. The maximum atomic E-state index is 12.6. The van der Waals surface area contributed by atoms with E-state index in [0.29, 0.717) is 11.5 Å². The molecule has 3 aromatic carbocycles. The van der Waals surface area contributed by atoms with Crippen LogP contribution < -0.4 is 18.9 Å². The van der Waals surface area contributed by atoms with Gasteiger partial charge in [-0.15, -0.1) is 0 Å². The van der Waals surface area contributed by atoms with E-state index < -0.39 is 11.9 Å². The Bertz CT molecular complexity index is 1040. The molecular weight excluding hydrogens is 376 g/mol. The highest BCUT2D eigenvalue weighted by molar-refractivity contribution is 5.96. The van der Waals surface area contributed by atoms with Gasteiger partial charge in [-0.05, 0) is 36.4 Å². The molecule has 0 unspecified atom stereocenters. The maximum Gasteiger partial charge on any atom is 0.347 e. The molecule has 7 heteroatoms. The smallest absolute Gasteiger partial charge is 0.347 e. The summed E-state index contributed by atoms with van der Waals surface area (Å²) < 4.78 is 21.0. The molecule has 7 nitrogen and oxygen atoms in total. The summed E-state index contributed by atoms with van der Waals surface area (Å²) in [5, 5.41) is 10.2. The molecule has 0 atom stereocenters. The first-order valence-corrected chi connectivity index (χ1v) is 8.57. The third kappa shape index (κ3) is 4.30. The molecule has 1 N–H and O–H groups in total. The summed E-state index contributed by atoms with van der Waals surface area (Å²) in [5.74, 6) is -1.65. The predicted octanol–water partition coefficient (Wildman–Crippen LogP) is 3.85. The van der Waals surface area contributed by atoms with Crippen LogP contribution in [0.4, 0.5) is 0 Å². The van der Waals surface area contributed by atoms with Crippen molar-refractivity contribution < 1.29 is 33.6 Å². The molecule has 0 amide bonds. The van der Waals surface area contributed by atoms with Gasteiger partial charge < -0.3 is 24.1 Å². The molecule has 0 heterocycles. The average Bonchev–Trinajstić information content (AvgIpc) is 2.75. The van der Waals surface area contributed by atoms with Crippen LogP contribution in [0.15, 0.2) is 66.7 Å². The second-order valence-electron chi connectivity index (χ2n) is 5.78. The van der Waals surface area contributed by atoms with E-state index in [1.165, 1.54) is 44.6 Å². The average molecular weight is 394 g/mol. The Hall–Kier alpha value is -4.00. The van der Waals surface area contributed by atoms with E-state index in [2.05, 4.69) is 0 Å². The zero-order valence-electron chi connectivity index (χ0n) is 15.7. The van der Waals surface area contributed by atoms with Gasteiger partial charge in [0.2, 0.25) is 5.75 Å². The number of carbonyl (C=O) groups excluding carboxylic acids is 2. The molecule has 0 aromatic heterocycles. The number of ether oxygens (including phenoxy) is 4. The Labute approximate surface area is 167 Å². The number of esters is 2. The minimum Gasteiger partial charge on any atom is -0.504 e. The SMILES string of the molecule is COc1ccccc1C(=O)Oc1cccc(O)c1OC(=O)c1ccccc1OC. The number of benzene rings is 3. The van der Waals surface area contributed by atoms with Crippen molar-refractivity contribution in [2.45, 2.75) is 0 Å². The summed E-state index contributed by atoms with van der Waals surface area (Å²) in [5.41, 5.74) is 0.334. The number of hydrogen-bond donors (Lipinski definition) is 1. The van der Waals surface area contributed by atoms with Gasteiger partial charge in [-0.25, -0.2) is 9.59 Å². The number of phenolic OH excluding ortho intramolecular Hbond substituents is 1. The lowest BCUT2D eigenvalue weighted by Gasteiger charge is -2.13. The summed E-state index contributed by atoms with van der Waals surface area (Å²) in [6.07, 6.45) is 0. The van der Waals surface area contributed by atoms with E-state index >= 15 is 0 Å². The number of hydrogen-bond acceptors (Lipinski definition) is 7. The highest BCUT2D eigenvalue weighted by atomic mass is 16.6. The van der Waals surface area contributed by atoms with Crippen LogP contribution in [0.5, 0.6) is 28.7 Å². The van der Waals surface area contributed by atoms with Crippen LogP contribution in [0.1, 0.15) is 20.7 Å². The van der Waals surface area contributed by atoms with Crippen molar-refractivity contribution in [3.63, 3.8) is 0 Å². The van der Waals surface area contributed by atoms with Gasteiger partial charge in [-0.1, -0.05) is 30.3 Å². The summed E-state index contributed by atoms with van der Waals surface area (Å²) in [7, 11) is 2.85. The fourth-order valence-corrected chi connectivity index (χ4v) is 2.62. The van der Waals surface area contributed by atoms with Crippen LogP contribution in [0, 0.1) is 0 Å². The Balaban J connectivity index is 1.90. The molecule has 0 bridgehead atoms. The first kappa shape index (κ1) is 19.8. The first-order chi connectivity index (χ1) is 14.0. The summed E-state index contributed by atoms with van der Waals surface area (Å²) in [4.78, 5) is 25.1. The minimum atomic E-state index is -0.779. The highest BCUT2D eigenvalue weighted by Crippen LogP contribution is 2.38. The molecular formula is C22H18O7.